The van der Waals surface area contributed by atoms with Gasteiger partial charge in [0.1, 0.15) is 6.61 Å². The highest BCUT2D eigenvalue weighted by Crippen LogP contribution is 2.14. The third kappa shape index (κ3) is 5.19. The summed E-state index contributed by atoms with van der Waals surface area (Å²) in [6.07, 6.45) is 2.99. The van der Waals surface area contributed by atoms with Crippen molar-refractivity contribution in [3.05, 3.63) is 88.8 Å². The first-order chi connectivity index (χ1) is 14.0. The lowest BCUT2D eigenvalue weighted by Gasteiger charge is -2.06. The zero-order chi connectivity index (χ0) is 20.8. The van der Waals surface area contributed by atoms with E-state index in [0.29, 0.717) is 5.56 Å². The SMILES string of the molecule is COC(=O)c1ccc(/C=C/C(=O)OCc2ccc(-n3nc(C)cc3C)cc2)cc1. The molecule has 0 radical (unpaired) electrons. The summed E-state index contributed by atoms with van der Waals surface area (Å²) < 4.78 is 11.8. The minimum Gasteiger partial charge on any atom is -0.465 e. The van der Waals surface area contributed by atoms with E-state index < -0.39 is 11.9 Å². The van der Waals surface area contributed by atoms with Crippen molar-refractivity contribution in [3.63, 3.8) is 0 Å². The fourth-order valence-corrected chi connectivity index (χ4v) is 2.84. The molecule has 1 heterocycles. The van der Waals surface area contributed by atoms with Gasteiger partial charge in [-0.15, -0.1) is 0 Å². The minimum atomic E-state index is -0.440. The van der Waals surface area contributed by atoms with Gasteiger partial charge in [-0.2, -0.15) is 5.10 Å². The lowest BCUT2D eigenvalue weighted by molar-refractivity contribution is -0.138. The van der Waals surface area contributed by atoms with Gasteiger partial charge in [-0.3, -0.25) is 0 Å². The van der Waals surface area contributed by atoms with Gasteiger partial charge in [0.05, 0.1) is 24.1 Å². The van der Waals surface area contributed by atoms with Crippen LogP contribution < -0.4 is 0 Å². The summed E-state index contributed by atoms with van der Waals surface area (Å²) in [6.45, 7) is 4.14. The molecule has 1 aromatic heterocycles. The van der Waals surface area contributed by atoms with E-state index in [2.05, 4.69) is 9.84 Å². The Bertz CT molecular complexity index is 1030. The fourth-order valence-electron chi connectivity index (χ4n) is 2.84. The van der Waals surface area contributed by atoms with Crippen LogP contribution in [0.1, 0.15) is 32.9 Å². The van der Waals surface area contributed by atoms with Gasteiger partial charge in [-0.05, 0) is 61.4 Å². The number of hydrogen-bond acceptors (Lipinski definition) is 5. The maximum absolute atomic E-state index is 11.9. The van der Waals surface area contributed by atoms with Crippen LogP contribution in [-0.2, 0) is 20.9 Å². The van der Waals surface area contributed by atoms with Crippen molar-refractivity contribution in [2.45, 2.75) is 20.5 Å². The molecule has 0 aliphatic rings. The third-order valence-electron chi connectivity index (χ3n) is 4.32. The van der Waals surface area contributed by atoms with Crippen molar-refractivity contribution < 1.29 is 19.1 Å². The number of methoxy groups -OCH3 is 1. The van der Waals surface area contributed by atoms with E-state index in [4.69, 9.17) is 4.74 Å². The van der Waals surface area contributed by atoms with Crippen LogP contribution in [0, 0.1) is 13.8 Å². The number of carbonyl (C=O) groups is 2. The van der Waals surface area contributed by atoms with Gasteiger partial charge in [0.15, 0.2) is 0 Å². The third-order valence-corrected chi connectivity index (χ3v) is 4.32. The summed E-state index contributed by atoms with van der Waals surface area (Å²) >= 11 is 0. The summed E-state index contributed by atoms with van der Waals surface area (Å²) in [4.78, 5) is 23.4. The summed E-state index contributed by atoms with van der Waals surface area (Å²) in [7, 11) is 1.33. The molecule has 3 rings (SSSR count). The van der Waals surface area contributed by atoms with Crippen LogP contribution in [0.25, 0.3) is 11.8 Å². The zero-order valence-corrected chi connectivity index (χ0v) is 16.6. The molecule has 0 fully saturated rings. The largest absolute Gasteiger partial charge is 0.465 e. The summed E-state index contributed by atoms with van der Waals surface area (Å²) in [5, 5.41) is 4.45. The number of rotatable bonds is 6. The average molecular weight is 390 g/mol. The van der Waals surface area contributed by atoms with Crippen LogP contribution >= 0.6 is 0 Å². The van der Waals surface area contributed by atoms with Crippen molar-refractivity contribution >= 4 is 18.0 Å². The average Bonchev–Trinajstić information content (AvgIpc) is 3.08. The van der Waals surface area contributed by atoms with Crippen molar-refractivity contribution in [1.29, 1.82) is 0 Å². The predicted molar refractivity (Wildman–Crippen MR) is 110 cm³/mol. The van der Waals surface area contributed by atoms with Gasteiger partial charge < -0.3 is 9.47 Å². The van der Waals surface area contributed by atoms with Crippen LogP contribution in [0.5, 0.6) is 0 Å². The zero-order valence-electron chi connectivity index (χ0n) is 16.6. The lowest BCUT2D eigenvalue weighted by Crippen LogP contribution is -2.02. The highest BCUT2D eigenvalue weighted by atomic mass is 16.5. The topological polar surface area (TPSA) is 70.4 Å². The van der Waals surface area contributed by atoms with E-state index in [1.807, 2.05) is 48.9 Å². The van der Waals surface area contributed by atoms with Gasteiger partial charge in [-0.25, -0.2) is 14.3 Å². The molecule has 0 aliphatic carbocycles. The molecule has 0 bridgehead atoms. The molecule has 6 heteroatoms. The summed E-state index contributed by atoms with van der Waals surface area (Å²) in [6, 6.07) is 16.5. The molecular formula is C23H22N2O4. The van der Waals surface area contributed by atoms with E-state index in [9.17, 15) is 9.59 Å². The quantitative estimate of drug-likeness (QED) is 0.469. The lowest BCUT2D eigenvalue weighted by atomic mass is 10.1. The molecule has 0 amide bonds. The summed E-state index contributed by atoms with van der Waals surface area (Å²) in [5.41, 5.74) is 5.11. The van der Waals surface area contributed by atoms with E-state index in [-0.39, 0.29) is 6.61 Å². The molecule has 0 unspecified atom stereocenters. The van der Waals surface area contributed by atoms with Crippen LogP contribution in [-0.4, -0.2) is 28.8 Å². The first kappa shape index (κ1) is 20.1. The molecule has 0 aliphatic heterocycles. The first-order valence-corrected chi connectivity index (χ1v) is 9.12. The van der Waals surface area contributed by atoms with Crippen LogP contribution in [0.2, 0.25) is 0 Å². The Balaban J connectivity index is 1.54. The standard InChI is InChI=1S/C23H22N2O4/c1-16-14-17(2)25(24-16)21-11-6-19(7-12-21)15-29-22(26)13-8-18-4-9-20(10-5-18)23(27)28-3/h4-14H,15H2,1-3H3/b13-8+. The Morgan fingerprint density at radius 2 is 1.72 bits per heavy atom. The number of aromatic nitrogens is 2. The van der Waals surface area contributed by atoms with Gasteiger partial charge in [-0.1, -0.05) is 24.3 Å². The second-order valence-corrected chi connectivity index (χ2v) is 6.56. The van der Waals surface area contributed by atoms with Crippen LogP contribution in [0.15, 0.2) is 60.7 Å². The van der Waals surface area contributed by atoms with Crippen molar-refractivity contribution in [3.8, 4) is 5.69 Å². The Morgan fingerprint density at radius 3 is 2.31 bits per heavy atom. The molecule has 3 aromatic rings. The molecule has 148 valence electrons. The number of carbonyl (C=O) groups excluding carboxylic acids is 2. The number of esters is 2. The predicted octanol–water partition coefficient (Wildman–Crippen LogP) is 4.03. The fraction of sp³-hybridized carbons (Fsp3) is 0.174. The molecule has 0 saturated carbocycles. The van der Waals surface area contributed by atoms with Crippen molar-refractivity contribution in [2.24, 2.45) is 0 Å². The maximum Gasteiger partial charge on any atom is 0.337 e. The Labute approximate surface area is 169 Å². The van der Waals surface area contributed by atoms with Crippen molar-refractivity contribution in [2.75, 3.05) is 7.11 Å². The monoisotopic (exact) mass is 390 g/mol. The van der Waals surface area contributed by atoms with Crippen LogP contribution in [0.4, 0.5) is 0 Å². The summed E-state index contributed by atoms with van der Waals surface area (Å²) in [5.74, 6) is -0.839. The molecule has 29 heavy (non-hydrogen) atoms. The number of nitrogens with zero attached hydrogens (tertiary/aromatic N) is 2. The number of benzene rings is 2. The van der Waals surface area contributed by atoms with Gasteiger partial charge >= 0.3 is 11.9 Å². The van der Waals surface area contributed by atoms with Gasteiger partial charge in [0.2, 0.25) is 0 Å². The Hall–Kier alpha value is -3.67. The van der Waals surface area contributed by atoms with E-state index in [1.165, 1.54) is 13.2 Å². The number of aryl methyl sites for hydroxylation is 2. The maximum atomic E-state index is 11.9. The minimum absolute atomic E-state index is 0.182. The first-order valence-electron chi connectivity index (χ1n) is 9.12. The van der Waals surface area contributed by atoms with E-state index in [1.54, 1.807) is 30.3 Å². The van der Waals surface area contributed by atoms with Gasteiger partial charge in [0, 0.05) is 11.8 Å². The molecule has 0 saturated heterocycles. The van der Waals surface area contributed by atoms with Crippen LogP contribution in [0.3, 0.4) is 0 Å². The highest BCUT2D eigenvalue weighted by Gasteiger charge is 2.05. The normalized spacial score (nSPS) is 10.9. The Kier molecular flexibility index (Phi) is 6.24. The molecule has 0 N–H and O–H groups in total. The second-order valence-electron chi connectivity index (χ2n) is 6.56. The number of hydrogen-bond donors (Lipinski definition) is 0. The molecule has 6 nitrogen and oxygen atoms in total. The van der Waals surface area contributed by atoms with E-state index in [0.717, 1.165) is 28.2 Å². The highest BCUT2D eigenvalue weighted by molar-refractivity contribution is 5.90. The van der Waals surface area contributed by atoms with Crippen molar-refractivity contribution in [1.82, 2.24) is 9.78 Å². The van der Waals surface area contributed by atoms with Gasteiger partial charge in [0.25, 0.3) is 0 Å². The second kappa shape index (κ2) is 9.01. The molecule has 0 spiro atoms. The van der Waals surface area contributed by atoms with E-state index >= 15 is 0 Å². The number of ether oxygens (including phenoxy) is 2. The molecular weight excluding hydrogens is 368 g/mol. The molecule has 2 aromatic carbocycles. The molecule has 0 atom stereocenters. The Morgan fingerprint density at radius 1 is 1.03 bits per heavy atom. The smallest absolute Gasteiger partial charge is 0.337 e.